The molecule has 0 spiro atoms. The third kappa shape index (κ3) is 4.23. The highest BCUT2D eigenvalue weighted by Crippen LogP contribution is 2.46. The van der Waals surface area contributed by atoms with Crippen molar-refractivity contribution < 1.29 is 9.84 Å². The van der Waals surface area contributed by atoms with Crippen molar-refractivity contribution in [2.24, 2.45) is 16.7 Å². The van der Waals surface area contributed by atoms with Crippen molar-refractivity contribution in [2.45, 2.75) is 66.7 Å². The van der Waals surface area contributed by atoms with E-state index in [1.807, 2.05) is 0 Å². The molecule has 0 aromatic rings. The van der Waals surface area contributed by atoms with E-state index in [2.05, 4.69) is 46.9 Å². The van der Waals surface area contributed by atoms with Crippen LogP contribution in [0.2, 0.25) is 0 Å². The van der Waals surface area contributed by atoms with Gasteiger partial charge >= 0.3 is 0 Å². The quantitative estimate of drug-likeness (QED) is 0.557. The summed E-state index contributed by atoms with van der Waals surface area (Å²) in [4.78, 5) is 0. The van der Waals surface area contributed by atoms with Crippen LogP contribution >= 0.6 is 0 Å². The minimum atomic E-state index is -0.00401. The highest BCUT2D eigenvalue weighted by molar-refractivity contribution is 4.96. The first kappa shape index (κ1) is 14.9. The summed E-state index contributed by atoms with van der Waals surface area (Å²) in [5.41, 5.74) is 0.594. The Morgan fingerprint density at radius 2 is 1.82 bits per heavy atom. The van der Waals surface area contributed by atoms with Crippen molar-refractivity contribution in [1.82, 2.24) is 5.32 Å². The van der Waals surface area contributed by atoms with Crippen molar-refractivity contribution >= 4 is 0 Å². The van der Waals surface area contributed by atoms with Gasteiger partial charge < -0.3 is 9.84 Å². The molecule has 1 rings (SSSR count). The zero-order valence-electron chi connectivity index (χ0n) is 12.2. The SMILES string of the molecule is CCC(C)(C)C(CC(C)(C)C)C1OC1NCO. The average Bonchev–Trinajstić information content (AvgIpc) is 2.93. The Kier molecular flexibility index (Phi) is 4.61. The summed E-state index contributed by atoms with van der Waals surface area (Å²) in [6, 6.07) is 0. The molecule has 1 aliphatic rings. The summed E-state index contributed by atoms with van der Waals surface area (Å²) in [6.07, 6.45) is 2.62. The molecule has 3 heteroatoms. The van der Waals surface area contributed by atoms with Gasteiger partial charge in [-0.05, 0) is 23.2 Å². The predicted molar refractivity (Wildman–Crippen MR) is 70.5 cm³/mol. The summed E-state index contributed by atoms with van der Waals surface area (Å²) < 4.78 is 5.68. The Labute approximate surface area is 106 Å². The average molecular weight is 243 g/mol. The zero-order chi connectivity index (χ0) is 13.3. The lowest BCUT2D eigenvalue weighted by Gasteiger charge is -2.37. The van der Waals surface area contributed by atoms with Gasteiger partial charge in [-0.25, -0.2) is 0 Å². The van der Waals surface area contributed by atoms with Gasteiger partial charge in [-0.3, -0.25) is 5.32 Å². The van der Waals surface area contributed by atoms with Gasteiger partial charge in [-0.15, -0.1) is 0 Å². The number of epoxide rings is 1. The Hall–Kier alpha value is -0.120. The normalized spacial score (nSPS) is 27.0. The number of ether oxygens (including phenoxy) is 1. The molecule has 2 N–H and O–H groups in total. The molecular formula is C14H29NO2. The molecule has 0 amide bonds. The molecule has 3 atom stereocenters. The topological polar surface area (TPSA) is 44.8 Å². The van der Waals surface area contributed by atoms with Crippen molar-refractivity contribution in [3.05, 3.63) is 0 Å². The molecule has 0 saturated carbocycles. The largest absolute Gasteiger partial charge is 0.381 e. The van der Waals surface area contributed by atoms with Crippen molar-refractivity contribution in [2.75, 3.05) is 6.73 Å². The standard InChI is InChI=1S/C14H29NO2/c1-7-14(5,6)10(8-13(2,3)4)11-12(17-11)15-9-16/h10-12,15-16H,7-9H2,1-6H3. The van der Waals surface area contributed by atoms with Crippen LogP contribution in [0.1, 0.15) is 54.4 Å². The van der Waals surface area contributed by atoms with Crippen LogP contribution in [0.3, 0.4) is 0 Å². The van der Waals surface area contributed by atoms with E-state index in [9.17, 15) is 0 Å². The maximum atomic E-state index is 8.88. The zero-order valence-corrected chi connectivity index (χ0v) is 12.2. The first-order chi connectivity index (χ1) is 7.71. The number of aliphatic hydroxyl groups excluding tert-OH is 1. The van der Waals surface area contributed by atoms with E-state index in [0.717, 1.165) is 12.8 Å². The minimum absolute atomic E-state index is 0.00401. The van der Waals surface area contributed by atoms with E-state index in [-0.39, 0.29) is 24.5 Å². The summed E-state index contributed by atoms with van der Waals surface area (Å²) >= 11 is 0. The third-order valence-electron chi connectivity index (χ3n) is 3.96. The molecule has 1 heterocycles. The Bertz CT molecular complexity index is 245. The molecular weight excluding hydrogens is 214 g/mol. The van der Waals surface area contributed by atoms with Gasteiger partial charge in [0.25, 0.3) is 0 Å². The number of aliphatic hydroxyl groups is 1. The molecule has 0 aromatic heterocycles. The molecule has 1 saturated heterocycles. The second-order valence-corrected chi connectivity index (χ2v) is 7.10. The summed E-state index contributed by atoms with van der Waals surface area (Å²) in [5, 5.41) is 11.8. The van der Waals surface area contributed by atoms with E-state index in [0.29, 0.717) is 11.3 Å². The predicted octanol–water partition coefficient (Wildman–Crippen LogP) is 2.74. The highest BCUT2D eigenvalue weighted by atomic mass is 16.6. The molecule has 0 aromatic carbocycles. The van der Waals surface area contributed by atoms with E-state index >= 15 is 0 Å². The number of hydrogen-bond donors (Lipinski definition) is 2. The molecule has 0 bridgehead atoms. The second-order valence-electron chi connectivity index (χ2n) is 7.10. The first-order valence-electron chi connectivity index (χ1n) is 6.71. The molecule has 17 heavy (non-hydrogen) atoms. The van der Waals surface area contributed by atoms with Gasteiger partial charge in [0.2, 0.25) is 0 Å². The van der Waals surface area contributed by atoms with Crippen LogP contribution in [0.5, 0.6) is 0 Å². The lowest BCUT2D eigenvalue weighted by molar-refractivity contribution is 0.109. The van der Waals surface area contributed by atoms with Gasteiger partial charge in [0, 0.05) is 0 Å². The lowest BCUT2D eigenvalue weighted by atomic mass is 9.68. The third-order valence-corrected chi connectivity index (χ3v) is 3.96. The van der Waals surface area contributed by atoms with Crippen LogP contribution in [-0.2, 0) is 4.74 Å². The number of rotatable bonds is 6. The molecule has 1 fully saturated rings. The monoisotopic (exact) mass is 243 g/mol. The van der Waals surface area contributed by atoms with Gasteiger partial charge in [0.1, 0.15) is 12.3 Å². The van der Waals surface area contributed by atoms with Crippen LogP contribution < -0.4 is 5.32 Å². The first-order valence-corrected chi connectivity index (χ1v) is 6.71. The van der Waals surface area contributed by atoms with Crippen molar-refractivity contribution in [3.63, 3.8) is 0 Å². The van der Waals surface area contributed by atoms with Crippen LogP contribution in [-0.4, -0.2) is 24.2 Å². The van der Waals surface area contributed by atoms with Crippen molar-refractivity contribution in [1.29, 1.82) is 0 Å². The molecule has 0 radical (unpaired) electrons. The van der Waals surface area contributed by atoms with E-state index in [4.69, 9.17) is 9.84 Å². The van der Waals surface area contributed by atoms with E-state index in [1.54, 1.807) is 0 Å². The number of nitrogens with one attached hydrogen (secondary N) is 1. The fraction of sp³-hybridized carbons (Fsp3) is 1.00. The minimum Gasteiger partial charge on any atom is -0.381 e. The van der Waals surface area contributed by atoms with E-state index in [1.165, 1.54) is 0 Å². The van der Waals surface area contributed by atoms with Gasteiger partial charge in [-0.2, -0.15) is 0 Å². The van der Waals surface area contributed by atoms with Crippen LogP contribution in [0.4, 0.5) is 0 Å². The lowest BCUT2D eigenvalue weighted by Crippen LogP contribution is -2.34. The maximum absolute atomic E-state index is 8.88. The van der Waals surface area contributed by atoms with Gasteiger partial charge in [0.05, 0.1) is 6.73 Å². The molecule has 102 valence electrons. The Morgan fingerprint density at radius 1 is 1.24 bits per heavy atom. The van der Waals surface area contributed by atoms with Gasteiger partial charge in [0.15, 0.2) is 0 Å². The van der Waals surface area contributed by atoms with Crippen LogP contribution in [0.15, 0.2) is 0 Å². The molecule has 1 aliphatic heterocycles. The second kappa shape index (κ2) is 5.25. The van der Waals surface area contributed by atoms with Crippen LogP contribution in [0.25, 0.3) is 0 Å². The van der Waals surface area contributed by atoms with Crippen molar-refractivity contribution in [3.8, 4) is 0 Å². The smallest absolute Gasteiger partial charge is 0.137 e. The molecule has 0 aliphatic carbocycles. The fourth-order valence-electron chi connectivity index (χ4n) is 2.44. The maximum Gasteiger partial charge on any atom is 0.137 e. The highest BCUT2D eigenvalue weighted by Gasteiger charge is 2.50. The Morgan fingerprint density at radius 3 is 2.24 bits per heavy atom. The summed E-state index contributed by atoms with van der Waals surface area (Å²) in [5.74, 6) is 0.538. The van der Waals surface area contributed by atoms with Crippen LogP contribution in [0, 0.1) is 16.7 Å². The fourth-order valence-corrected chi connectivity index (χ4v) is 2.44. The Balaban J connectivity index is 2.68. The van der Waals surface area contributed by atoms with E-state index < -0.39 is 0 Å². The molecule has 3 nitrogen and oxygen atoms in total. The number of hydrogen-bond acceptors (Lipinski definition) is 3. The summed E-state index contributed by atoms with van der Waals surface area (Å²) in [6.45, 7) is 13.7. The summed E-state index contributed by atoms with van der Waals surface area (Å²) in [7, 11) is 0. The van der Waals surface area contributed by atoms with Gasteiger partial charge in [-0.1, -0.05) is 48.0 Å². The molecule has 3 unspecified atom stereocenters.